The second-order valence-electron chi connectivity index (χ2n) is 5.66. The lowest BCUT2D eigenvalue weighted by Crippen LogP contribution is -2.26. The molecule has 0 spiro atoms. The van der Waals surface area contributed by atoms with Crippen molar-refractivity contribution in [3.05, 3.63) is 47.5 Å². The fourth-order valence-corrected chi connectivity index (χ4v) is 2.12. The minimum atomic E-state index is -0.713. The molecule has 0 fully saturated rings. The first-order valence-corrected chi connectivity index (χ1v) is 7.95. The molecule has 1 aromatic carbocycles. The van der Waals surface area contributed by atoms with Gasteiger partial charge in [-0.3, -0.25) is 9.59 Å². The lowest BCUT2D eigenvalue weighted by Gasteiger charge is -2.14. The van der Waals surface area contributed by atoms with Crippen LogP contribution in [-0.4, -0.2) is 18.4 Å². The number of carbonyl (C=O) groups excluding carboxylic acids is 2. The third-order valence-electron chi connectivity index (χ3n) is 3.41. The van der Waals surface area contributed by atoms with Crippen LogP contribution in [0.5, 0.6) is 0 Å². The highest BCUT2D eigenvalue weighted by Gasteiger charge is 2.28. The van der Waals surface area contributed by atoms with Gasteiger partial charge in [0.25, 0.3) is 0 Å². The second kappa shape index (κ2) is 9.93. The number of ketones is 1. The Morgan fingerprint density at radius 3 is 2.45 bits per heavy atom. The molecular weight excluding hydrogens is 276 g/mol. The van der Waals surface area contributed by atoms with E-state index in [1.165, 1.54) is 5.57 Å². The monoisotopic (exact) mass is 302 g/mol. The van der Waals surface area contributed by atoms with E-state index in [9.17, 15) is 9.59 Å². The first-order chi connectivity index (χ1) is 10.6. The van der Waals surface area contributed by atoms with E-state index in [1.807, 2.05) is 45.0 Å². The van der Waals surface area contributed by atoms with E-state index in [4.69, 9.17) is 4.74 Å². The number of carbonyl (C=O) groups is 2. The van der Waals surface area contributed by atoms with Crippen molar-refractivity contribution >= 4 is 11.8 Å². The average molecular weight is 302 g/mol. The SMILES string of the molecule is CCCCOC(=O)C(CCC=C(C)C)C(=O)c1ccccc1. The summed E-state index contributed by atoms with van der Waals surface area (Å²) < 4.78 is 5.26. The topological polar surface area (TPSA) is 43.4 Å². The van der Waals surface area contributed by atoms with Crippen molar-refractivity contribution < 1.29 is 14.3 Å². The number of allylic oxidation sites excluding steroid dienone is 2. The van der Waals surface area contributed by atoms with Crippen LogP contribution in [0, 0.1) is 5.92 Å². The number of rotatable bonds is 9. The maximum Gasteiger partial charge on any atom is 0.316 e. The molecule has 0 aliphatic rings. The largest absolute Gasteiger partial charge is 0.465 e. The Hall–Kier alpha value is -1.90. The van der Waals surface area contributed by atoms with Crippen LogP contribution in [0.25, 0.3) is 0 Å². The Morgan fingerprint density at radius 1 is 1.18 bits per heavy atom. The van der Waals surface area contributed by atoms with Crippen molar-refractivity contribution in [2.24, 2.45) is 5.92 Å². The van der Waals surface area contributed by atoms with Gasteiger partial charge in [0.2, 0.25) is 0 Å². The lowest BCUT2D eigenvalue weighted by molar-refractivity contribution is -0.147. The first kappa shape index (κ1) is 18.1. The Kier molecular flexibility index (Phi) is 8.19. The van der Waals surface area contributed by atoms with Crippen LogP contribution in [0.15, 0.2) is 42.0 Å². The Balaban J connectivity index is 2.78. The Morgan fingerprint density at radius 2 is 1.86 bits per heavy atom. The number of Topliss-reactive ketones (excluding diaryl/α,β-unsaturated/α-hetero) is 1. The van der Waals surface area contributed by atoms with Crippen LogP contribution in [0.4, 0.5) is 0 Å². The summed E-state index contributed by atoms with van der Waals surface area (Å²) in [5.41, 5.74) is 1.75. The third kappa shape index (κ3) is 6.25. The van der Waals surface area contributed by atoms with Crippen LogP contribution >= 0.6 is 0 Å². The molecule has 1 atom stereocenters. The van der Waals surface area contributed by atoms with E-state index in [1.54, 1.807) is 12.1 Å². The molecule has 1 aromatic rings. The highest BCUT2D eigenvalue weighted by molar-refractivity contribution is 6.08. The minimum Gasteiger partial charge on any atom is -0.465 e. The second-order valence-corrected chi connectivity index (χ2v) is 5.66. The van der Waals surface area contributed by atoms with E-state index >= 15 is 0 Å². The third-order valence-corrected chi connectivity index (χ3v) is 3.41. The van der Waals surface area contributed by atoms with E-state index < -0.39 is 11.9 Å². The molecule has 0 aliphatic carbocycles. The van der Waals surface area contributed by atoms with Crippen molar-refractivity contribution in [1.29, 1.82) is 0 Å². The van der Waals surface area contributed by atoms with Gasteiger partial charge in [-0.1, -0.05) is 55.3 Å². The summed E-state index contributed by atoms with van der Waals surface area (Å²) >= 11 is 0. The maximum absolute atomic E-state index is 12.6. The van der Waals surface area contributed by atoms with E-state index in [0.29, 0.717) is 25.0 Å². The maximum atomic E-state index is 12.6. The molecular formula is C19H26O3. The van der Waals surface area contributed by atoms with Crippen molar-refractivity contribution in [3.63, 3.8) is 0 Å². The van der Waals surface area contributed by atoms with Gasteiger partial charge >= 0.3 is 5.97 Å². The number of hydrogen-bond donors (Lipinski definition) is 0. The molecule has 0 N–H and O–H groups in total. The first-order valence-electron chi connectivity index (χ1n) is 7.95. The molecule has 0 saturated carbocycles. The fourth-order valence-electron chi connectivity index (χ4n) is 2.12. The van der Waals surface area contributed by atoms with Gasteiger partial charge in [-0.05, 0) is 33.1 Å². The number of unbranched alkanes of at least 4 members (excludes halogenated alkanes) is 1. The quantitative estimate of drug-likeness (QED) is 0.220. The molecule has 0 radical (unpaired) electrons. The summed E-state index contributed by atoms with van der Waals surface area (Å²) in [4.78, 5) is 24.8. The molecule has 0 heterocycles. The number of benzene rings is 1. The number of ether oxygens (including phenoxy) is 1. The Labute approximate surface area is 133 Å². The van der Waals surface area contributed by atoms with E-state index in [2.05, 4.69) is 0 Å². The predicted molar refractivity (Wildman–Crippen MR) is 88.8 cm³/mol. The zero-order valence-electron chi connectivity index (χ0n) is 13.8. The summed E-state index contributed by atoms with van der Waals surface area (Å²) in [5.74, 6) is -1.26. The molecule has 0 amide bonds. The molecule has 3 heteroatoms. The highest BCUT2D eigenvalue weighted by Crippen LogP contribution is 2.17. The number of hydrogen-bond acceptors (Lipinski definition) is 3. The smallest absolute Gasteiger partial charge is 0.316 e. The van der Waals surface area contributed by atoms with E-state index in [-0.39, 0.29) is 5.78 Å². The van der Waals surface area contributed by atoms with Gasteiger partial charge in [0, 0.05) is 5.56 Å². The highest BCUT2D eigenvalue weighted by atomic mass is 16.5. The molecule has 0 saturated heterocycles. The summed E-state index contributed by atoms with van der Waals surface area (Å²) in [6.07, 6.45) is 5.03. The zero-order chi connectivity index (χ0) is 16.4. The van der Waals surface area contributed by atoms with Crippen LogP contribution in [0.1, 0.15) is 56.8 Å². The molecule has 0 aromatic heterocycles. The summed E-state index contributed by atoms with van der Waals surface area (Å²) in [5, 5.41) is 0. The van der Waals surface area contributed by atoms with Gasteiger partial charge in [0.1, 0.15) is 5.92 Å². The fraction of sp³-hybridized carbons (Fsp3) is 0.474. The standard InChI is InChI=1S/C19H26O3/c1-4-5-14-22-19(21)17(13-9-10-15(2)3)18(20)16-11-7-6-8-12-16/h6-8,10-12,17H,4-5,9,13-14H2,1-3H3. The van der Waals surface area contributed by atoms with Crippen LogP contribution < -0.4 is 0 Å². The van der Waals surface area contributed by atoms with Gasteiger partial charge in [0.15, 0.2) is 5.78 Å². The van der Waals surface area contributed by atoms with Gasteiger partial charge < -0.3 is 4.74 Å². The zero-order valence-corrected chi connectivity index (χ0v) is 13.8. The molecule has 1 rings (SSSR count). The summed E-state index contributed by atoms with van der Waals surface area (Å²) in [6, 6.07) is 8.96. The summed E-state index contributed by atoms with van der Waals surface area (Å²) in [6.45, 7) is 6.44. The molecule has 22 heavy (non-hydrogen) atoms. The van der Waals surface area contributed by atoms with Crippen LogP contribution in [-0.2, 0) is 9.53 Å². The molecule has 120 valence electrons. The van der Waals surface area contributed by atoms with Crippen molar-refractivity contribution in [1.82, 2.24) is 0 Å². The average Bonchev–Trinajstić information content (AvgIpc) is 2.51. The molecule has 1 unspecified atom stereocenters. The summed E-state index contributed by atoms with van der Waals surface area (Å²) in [7, 11) is 0. The van der Waals surface area contributed by atoms with Gasteiger partial charge in [-0.2, -0.15) is 0 Å². The predicted octanol–water partition coefficient (Wildman–Crippen LogP) is 4.58. The van der Waals surface area contributed by atoms with Gasteiger partial charge in [-0.15, -0.1) is 0 Å². The van der Waals surface area contributed by atoms with E-state index in [0.717, 1.165) is 12.8 Å². The van der Waals surface area contributed by atoms with Gasteiger partial charge in [0.05, 0.1) is 6.61 Å². The van der Waals surface area contributed by atoms with Crippen LogP contribution in [0.2, 0.25) is 0 Å². The Bertz CT molecular complexity index is 499. The lowest BCUT2D eigenvalue weighted by atomic mass is 9.93. The van der Waals surface area contributed by atoms with Crippen molar-refractivity contribution in [3.8, 4) is 0 Å². The van der Waals surface area contributed by atoms with Gasteiger partial charge in [-0.25, -0.2) is 0 Å². The normalized spacial score (nSPS) is 11.6. The van der Waals surface area contributed by atoms with Crippen molar-refractivity contribution in [2.45, 2.75) is 46.5 Å². The molecule has 0 bridgehead atoms. The molecule has 0 aliphatic heterocycles. The van der Waals surface area contributed by atoms with Crippen LogP contribution in [0.3, 0.4) is 0 Å². The van der Waals surface area contributed by atoms with Crippen molar-refractivity contribution in [2.75, 3.05) is 6.61 Å². The minimum absolute atomic E-state index is 0.149. The number of esters is 1. The molecule has 3 nitrogen and oxygen atoms in total.